The number of rotatable bonds is 7. The smallest absolute Gasteiger partial charge is 0.157 e. The van der Waals surface area contributed by atoms with E-state index in [0.717, 1.165) is 5.56 Å². The average molecular weight is 287 g/mol. The number of hydrogen-bond acceptors (Lipinski definition) is 5. The number of methoxy groups -OCH3 is 2. The van der Waals surface area contributed by atoms with Crippen molar-refractivity contribution in [3.05, 3.63) is 29.8 Å². The first-order valence-electron chi connectivity index (χ1n) is 6.02. The Labute approximate surface area is 114 Å². The molecule has 0 heterocycles. The van der Waals surface area contributed by atoms with E-state index in [4.69, 9.17) is 15.2 Å². The van der Waals surface area contributed by atoms with E-state index in [1.807, 2.05) is 0 Å². The lowest BCUT2D eigenvalue weighted by molar-refractivity contribution is 0.217. The number of sulfone groups is 1. The van der Waals surface area contributed by atoms with Gasteiger partial charge >= 0.3 is 0 Å². The first-order valence-corrected chi connectivity index (χ1v) is 7.74. The molecular formula is C13H21NO4S. The lowest BCUT2D eigenvalue weighted by Crippen LogP contribution is -2.33. The molecule has 19 heavy (non-hydrogen) atoms. The molecule has 0 aliphatic rings. The normalized spacial score (nSPS) is 14.9. The van der Waals surface area contributed by atoms with Crippen molar-refractivity contribution in [3.63, 3.8) is 0 Å². The van der Waals surface area contributed by atoms with E-state index in [9.17, 15) is 8.42 Å². The maximum Gasteiger partial charge on any atom is 0.157 e. The molecule has 0 radical (unpaired) electrons. The fraction of sp³-hybridized carbons (Fsp3) is 0.538. The van der Waals surface area contributed by atoms with E-state index in [1.165, 1.54) is 7.11 Å². The second-order valence-electron chi connectivity index (χ2n) is 4.36. The van der Waals surface area contributed by atoms with Gasteiger partial charge in [0.15, 0.2) is 9.84 Å². The lowest BCUT2D eigenvalue weighted by Gasteiger charge is -2.20. The number of hydrogen-bond donors (Lipinski definition) is 1. The fourth-order valence-corrected chi connectivity index (χ4v) is 3.08. The van der Waals surface area contributed by atoms with Crippen LogP contribution in [-0.4, -0.2) is 40.2 Å². The molecule has 0 aromatic heterocycles. The zero-order valence-electron chi connectivity index (χ0n) is 11.5. The van der Waals surface area contributed by atoms with Gasteiger partial charge in [0.05, 0.1) is 24.7 Å². The zero-order valence-corrected chi connectivity index (χ0v) is 12.3. The van der Waals surface area contributed by atoms with Gasteiger partial charge in [-0.1, -0.05) is 12.1 Å². The molecule has 0 aliphatic heterocycles. The Morgan fingerprint density at radius 2 is 1.79 bits per heavy atom. The summed E-state index contributed by atoms with van der Waals surface area (Å²) in [4.78, 5) is 0. The Morgan fingerprint density at radius 1 is 1.21 bits per heavy atom. The second-order valence-corrected chi connectivity index (χ2v) is 6.84. The highest BCUT2D eigenvalue weighted by molar-refractivity contribution is 7.92. The Morgan fingerprint density at radius 3 is 2.26 bits per heavy atom. The van der Waals surface area contributed by atoms with Gasteiger partial charge in [0.25, 0.3) is 0 Å². The summed E-state index contributed by atoms with van der Waals surface area (Å²) in [6.45, 7) is 1.81. The Hall–Kier alpha value is -1.11. The molecule has 1 aromatic rings. The molecular weight excluding hydrogens is 266 g/mol. The minimum Gasteiger partial charge on any atom is -0.497 e. The summed E-state index contributed by atoms with van der Waals surface area (Å²) in [5, 5.41) is -0.656. The third kappa shape index (κ3) is 4.19. The quantitative estimate of drug-likeness (QED) is 0.813. The standard InChI is InChI=1S/C13H21NO4S/c1-10(19(15,16)9-8-17-2)13(14)11-4-6-12(18-3)7-5-11/h4-7,10,13H,8-9,14H2,1-3H3. The molecule has 2 N–H and O–H groups in total. The minimum atomic E-state index is -3.27. The maximum absolute atomic E-state index is 12.0. The van der Waals surface area contributed by atoms with Gasteiger partial charge in [0.2, 0.25) is 0 Å². The van der Waals surface area contributed by atoms with Crippen molar-refractivity contribution < 1.29 is 17.9 Å². The summed E-state index contributed by atoms with van der Waals surface area (Å²) < 4.78 is 33.9. The predicted octanol–water partition coefficient (Wildman–Crippen LogP) is 1.14. The first-order chi connectivity index (χ1) is 8.92. The van der Waals surface area contributed by atoms with Crippen molar-refractivity contribution in [2.24, 2.45) is 5.73 Å². The van der Waals surface area contributed by atoms with Gasteiger partial charge in [0.1, 0.15) is 5.75 Å². The first kappa shape index (κ1) is 15.9. The van der Waals surface area contributed by atoms with Gasteiger partial charge in [-0.25, -0.2) is 8.42 Å². The van der Waals surface area contributed by atoms with Gasteiger partial charge in [-0.05, 0) is 24.6 Å². The summed E-state index contributed by atoms with van der Waals surface area (Å²) in [5.74, 6) is 0.694. The van der Waals surface area contributed by atoms with E-state index in [0.29, 0.717) is 5.75 Å². The lowest BCUT2D eigenvalue weighted by atomic mass is 10.1. The molecule has 0 aliphatic carbocycles. The average Bonchev–Trinajstić information content (AvgIpc) is 2.43. The van der Waals surface area contributed by atoms with Crippen molar-refractivity contribution >= 4 is 9.84 Å². The Kier molecular flexibility index (Phi) is 5.78. The van der Waals surface area contributed by atoms with Gasteiger partial charge < -0.3 is 15.2 Å². The molecule has 0 spiro atoms. The van der Waals surface area contributed by atoms with Gasteiger partial charge in [-0.3, -0.25) is 0 Å². The molecule has 1 rings (SSSR count). The highest BCUT2D eigenvalue weighted by atomic mass is 32.2. The summed E-state index contributed by atoms with van der Waals surface area (Å²) >= 11 is 0. The molecule has 0 saturated heterocycles. The third-order valence-electron chi connectivity index (χ3n) is 3.14. The summed E-state index contributed by atoms with van der Waals surface area (Å²) in [7, 11) is -0.215. The topological polar surface area (TPSA) is 78.6 Å². The molecule has 5 nitrogen and oxygen atoms in total. The molecule has 2 unspecified atom stereocenters. The van der Waals surface area contributed by atoms with E-state index in [2.05, 4.69) is 0 Å². The van der Waals surface area contributed by atoms with Crippen molar-refractivity contribution in [3.8, 4) is 5.75 Å². The van der Waals surface area contributed by atoms with Crippen LogP contribution in [0.5, 0.6) is 5.75 Å². The van der Waals surface area contributed by atoms with Crippen molar-refractivity contribution in [1.82, 2.24) is 0 Å². The second kappa shape index (κ2) is 6.88. The molecule has 1 aromatic carbocycles. The van der Waals surface area contributed by atoms with Crippen LogP contribution in [0.1, 0.15) is 18.5 Å². The van der Waals surface area contributed by atoms with Crippen LogP contribution < -0.4 is 10.5 Å². The van der Waals surface area contributed by atoms with Crippen LogP contribution in [0, 0.1) is 0 Å². The van der Waals surface area contributed by atoms with Crippen LogP contribution in [0.3, 0.4) is 0 Å². The van der Waals surface area contributed by atoms with Crippen LogP contribution in [0.2, 0.25) is 0 Å². The van der Waals surface area contributed by atoms with Crippen LogP contribution in [0.15, 0.2) is 24.3 Å². The largest absolute Gasteiger partial charge is 0.497 e. The summed E-state index contributed by atoms with van der Waals surface area (Å²) in [6, 6.07) is 6.54. The van der Waals surface area contributed by atoms with Crippen molar-refractivity contribution in [1.29, 1.82) is 0 Å². The summed E-state index contributed by atoms with van der Waals surface area (Å²) in [5.41, 5.74) is 6.80. The van der Waals surface area contributed by atoms with E-state index in [1.54, 1.807) is 38.3 Å². The maximum atomic E-state index is 12.0. The molecule has 0 fully saturated rings. The molecule has 0 bridgehead atoms. The van der Waals surface area contributed by atoms with Gasteiger partial charge in [-0.15, -0.1) is 0 Å². The third-order valence-corrected chi connectivity index (χ3v) is 5.31. The predicted molar refractivity (Wildman–Crippen MR) is 75.0 cm³/mol. The van der Waals surface area contributed by atoms with Crippen LogP contribution in [0.25, 0.3) is 0 Å². The highest BCUT2D eigenvalue weighted by Gasteiger charge is 2.27. The van der Waals surface area contributed by atoms with E-state index < -0.39 is 21.1 Å². The molecule has 0 saturated carbocycles. The molecule has 108 valence electrons. The monoisotopic (exact) mass is 287 g/mol. The van der Waals surface area contributed by atoms with Crippen molar-refractivity contribution in [2.45, 2.75) is 18.2 Å². The summed E-state index contributed by atoms with van der Waals surface area (Å²) in [6.07, 6.45) is 0. The number of nitrogens with two attached hydrogens (primary N) is 1. The molecule has 6 heteroatoms. The number of benzene rings is 1. The SMILES string of the molecule is COCCS(=O)(=O)C(C)C(N)c1ccc(OC)cc1. The highest BCUT2D eigenvalue weighted by Crippen LogP contribution is 2.22. The van der Waals surface area contributed by atoms with Crippen LogP contribution in [0.4, 0.5) is 0 Å². The Bertz CT molecular complexity index is 484. The minimum absolute atomic E-state index is 0.0193. The van der Waals surface area contributed by atoms with Crippen LogP contribution in [-0.2, 0) is 14.6 Å². The van der Waals surface area contributed by atoms with Gasteiger partial charge in [-0.2, -0.15) is 0 Å². The number of ether oxygens (including phenoxy) is 2. The Balaban J connectivity index is 2.83. The fourth-order valence-electron chi connectivity index (χ4n) is 1.71. The van der Waals surface area contributed by atoms with E-state index in [-0.39, 0.29) is 12.4 Å². The zero-order chi connectivity index (χ0) is 14.5. The van der Waals surface area contributed by atoms with E-state index >= 15 is 0 Å². The molecule has 2 atom stereocenters. The van der Waals surface area contributed by atoms with Crippen LogP contribution >= 0.6 is 0 Å². The molecule has 0 amide bonds. The van der Waals surface area contributed by atoms with Gasteiger partial charge in [0, 0.05) is 13.2 Å². The van der Waals surface area contributed by atoms with Crippen molar-refractivity contribution in [2.75, 3.05) is 26.6 Å².